The SMILES string of the molecule is [2H]C([2H])(c1cc(-c2cc(C(C)(c3ccccc3)c3ccccn3)cc3c2oc2nc(C)ccc23)nc(C(C)(c2ccccc2)c2ccccn2)c1)C(C)(C)C. The molecule has 2 unspecified atom stereocenters. The maximum Gasteiger partial charge on any atom is 0.227 e. The third-order valence-electron chi connectivity index (χ3n) is 10.3. The zero-order valence-corrected chi connectivity index (χ0v) is 31.1. The highest BCUT2D eigenvalue weighted by Crippen LogP contribution is 2.45. The lowest BCUT2D eigenvalue weighted by atomic mass is 9.72. The third kappa shape index (κ3) is 6.20. The lowest BCUT2D eigenvalue weighted by Crippen LogP contribution is -2.28. The first kappa shape index (κ1) is 31.8. The summed E-state index contributed by atoms with van der Waals surface area (Å²) in [5, 5.41) is 1.79. The Morgan fingerprint density at radius 2 is 1.17 bits per heavy atom. The number of rotatable bonds is 8. The molecule has 0 aliphatic carbocycles. The van der Waals surface area contributed by atoms with E-state index in [0.29, 0.717) is 28.2 Å². The molecule has 0 saturated carbocycles. The highest BCUT2D eigenvalue weighted by Gasteiger charge is 2.37. The van der Waals surface area contributed by atoms with Crippen molar-refractivity contribution in [2.24, 2.45) is 5.41 Å². The van der Waals surface area contributed by atoms with Crippen LogP contribution in [0.25, 0.3) is 33.3 Å². The molecule has 53 heavy (non-hydrogen) atoms. The van der Waals surface area contributed by atoms with E-state index in [9.17, 15) is 2.74 Å². The first-order chi connectivity index (χ1) is 26.3. The molecule has 8 aromatic rings. The summed E-state index contributed by atoms with van der Waals surface area (Å²) in [7, 11) is 0. The molecule has 0 fully saturated rings. The number of hydrogen-bond acceptors (Lipinski definition) is 5. The number of aryl methyl sites for hydroxylation is 1. The van der Waals surface area contributed by atoms with Crippen LogP contribution in [0.5, 0.6) is 0 Å². The van der Waals surface area contributed by atoms with Crippen LogP contribution in [-0.2, 0) is 17.2 Å². The van der Waals surface area contributed by atoms with Gasteiger partial charge in [0.05, 0.1) is 33.6 Å². The van der Waals surface area contributed by atoms with E-state index in [0.717, 1.165) is 50.1 Å². The zero-order chi connectivity index (χ0) is 38.6. The summed E-state index contributed by atoms with van der Waals surface area (Å²) < 4.78 is 25.9. The van der Waals surface area contributed by atoms with Gasteiger partial charge in [-0.15, -0.1) is 0 Å². The molecule has 0 saturated heterocycles. The van der Waals surface area contributed by atoms with Crippen molar-refractivity contribution in [3.8, 4) is 11.3 Å². The number of fused-ring (bicyclic) bond motifs is 3. The first-order valence-corrected chi connectivity index (χ1v) is 18.1. The Labute approximate surface area is 314 Å². The molecular formula is C48H44N4O. The van der Waals surface area contributed by atoms with Crippen molar-refractivity contribution in [2.75, 3.05) is 0 Å². The summed E-state index contributed by atoms with van der Waals surface area (Å²) >= 11 is 0. The van der Waals surface area contributed by atoms with Gasteiger partial charge in [-0.05, 0) is 115 Å². The molecule has 0 amide bonds. The van der Waals surface area contributed by atoms with Crippen molar-refractivity contribution < 1.29 is 7.16 Å². The highest BCUT2D eigenvalue weighted by molar-refractivity contribution is 6.09. The molecule has 0 bridgehead atoms. The molecule has 0 N–H and O–H groups in total. The van der Waals surface area contributed by atoms with Gasteiger partial charge in [-0.2, -0.15) is 0 Å². The smallest absolute Gasteiger partial charge is 0.227 e. The molecule has 3 aromatic carbocycles. The van der Waals surface area contributed by atoms with Crippen molar-refractivity contribution in [2.45, 2.75) is 58.7 Å². The van der Waals surface area contributed by atoms with Crippen molar-refractivity contribution in [1.29, 1.82) is 0 Å². The summed E-state index contributed by atoms with van der Waals surface area (Å²) in [6.07, 6.45) is 1.90. The summed E-state index contributed by atoms with van der Waals surface area (Å²) in [4.78, 5) is 20.1. The Bertz CT molecular complexity index is 2560. The predicted molar refractivity (Wildman–Crippen MR) is 215 cm³/mol. The fourth-order valence-corrected chi connectivity index (χ4v) is 7.51. The van der Waals surface area contributed by atoms with Crippen LogP contribution < -0.4 is 0 Å². The van der Waals surface area contributed by atoms with Crippen LogP contribution in [0.3, 0.4) is 0 Å². The van der Waals surface area contributed by atoms with E-state index in [1.807, 2.05) is 107 Å². The molecular weight excluding hydrogens is 649 g/mol. The number of nitrogens with zero attached hydrogens (tertiary/aromatic N) is 4. The minimum atomic E-state index is -1.74. The lowest BCUT2D eigenvalue weighted by Gasteiger charge is -2.32. The number of pyridine rings is 4. The van der Waals surface area contributed by atoms with Crippen molar-refractivity contribution in [1.82, 2.24) is 19.9 Å². The Hall–Kier alpha value is -5.94. The monoisotopic (exact) mass is 694 g/mol. The first-order valence-electron chi connectivity index (χ1n) is 19.1. The Morgan fingerprint density at radius 1 is 0.566 bits per heavy atom. The second kappa shape index (κ2) is 13.2. The van der Waals surface area contributed by atoms with Gasteiger partial charge in [0.25, 0.3) is 0 Å². The van der Waals surface area contributed by atoms with Gasteiger partial charge in [-0.3, -0.25) is 15.0 Å². The minimum absolute atomic E-state index is 0.525. The molecule has 8 rings (SSSR count). The number of aromatic nitrogens is 4. The van der Waals surface area contributed by atoms with Gasteiger partial charge in [0.2, 0.25) is 5.71 Å². The van der Waals surface area contributed by atoms with Gasteiger partial charge in [0.1, 0.15) is 5.58 Å². The van der Waals surface area contributed by atoms with Gasteiger partial charge in [-0.25, -0.2) is 4.98 Å². The topological polar surface area (TPSA) is 64.7 Å². The van der Waals surface area contributed by atoms with E-state index >= 15 is 0 Å². The van der Waals surface area contributed by atoms with Gasteiger partial charge in [0.15, 0.2) is 0 Å². The van der Waals surface area contributed by atoms with E-state index < -0.39 is 22.6 Å². The van der Waals surface area contributed by atoms with Gasteiger partial charge in [-0.1, -0.05) is 93.6 Å². The predicted octanol–water partition coefficient (Wildman–Crippen LogP) is 11.4. The summed E-state index contributed by atoms with van der Waals surface area (Å²) in [5.41, 5.74) is 7.09. The maximum absolute atomic E-state index is 9.61. The average Bonchev–Trinajstić information content (AvgIpc) is 3.58. The fourth-order valence-electron chi connectivity index (χ4n) is 7.51. The second-order valence-corrected chi connectivity index (χ2v) is 15.2. The lowest BCUT2D eigenvalue weighted by molar-refractivity contribution is 0.410. The molecule has 5 heterocycles. The largest absolute Gasteiger partial charge is 0.437 e. The van der Waals surface area contributed by atoms with Crippen LogP contribution >= 0.6 is 0 Å². The van der Waals surface area contributed by atoms with E-state index in [-0.39, 0.29) is 0 Å². The van der Waals surface area contributed by atoms with Crippen LogP contribution in [0.2, 0.25) is 0 Å². The second-order valence-electron chi connectivity index (χ2n) is 15.2. The van der Waals surface area contributed by atoms with Gasteiger partial charge >= 0.3 is 0 Å². The number of furan rings is 1. The van der Waals surface area contributed by atoms with Crippen LogP contribution in [0.1, 0.15) is 82.4 Å². The van der Waals surface area contributed by atoms with Crippen molar-refractivity contribution in [3.05, 3.63) is 191 Å². The summed E-state index contributed by atoms with van der Waals surface area (Å²) in [6, 6.07) is 44.9. The minimum Gasteiger partial charge on any atom is -0.437 e. The fraction of sp³-hybridized carbons (Fsp3) is 0.208. The quantitative estimate of drug-likeness (QED) is 0.158. The summed E-state index contributed by atoms with van der Waals surface area (Å²) in [6.45, 7) is 12.1. The standard InChI is InChI=1S/C48H44N4O/c1-32-23-24-37-38-29-36(47(5,34-17-9-7-10-18-34)41-21-13-15-25-49-41)30-39(44(38)53-45(37)51-32)40-27-33(31-46(2,3)4)28-43(52-40)48(6,35-19-11-8-12-20-35)42-22-14-16-26-50-42/h7-30H,31H2,1-6H3/i31D2. The normalized spacial score (nSPS) is 15.1. The number of benzene rings is 3. The van der Waals surface area contributed by atoms with E-state index in [4.69, 9.17) is 24.4 Å². The zero-order valence-electron chi connectivity index (χ0n) is 33.1. The third-order valence-corrected chi connectivity index (χ3v) is 10.3. The Kier molecular flexibility index (Phi) is 7.93. The molecule has 0 radical (unpaired) electrons. The molecule has 0 aliphatic heterocycles. The van der Waals surface area contributed by atoms with Gasteiger partial charge in [0, 0.05) is 37.2 Å². The van der Waals surface area contributed by atoms with Crippen LogP contribution in [0, 0.1) is 12.3 Å². The maximum atomic E-state index is 9.61. The van der Waals surface area contributed by atoms with E-state index in [1.54, 1.807) is 6.20 Å². The molecule has 262 valence electrons. The van der Waals surface area contributed by atoms with E-state index in [2.05, 4.69) is 74.5 Å². The Balaban J connectivity index is 1.51. The molecule has 0 spiro atoms. The number of hydrogen-bond donors (Lipinski definition) is 0. The van der Waals surface area contributed by atoms with Crippen LogP contribution in [0.4, 0.5) is 0 Å². The average molecular weight is 695 g/mol. The van der Waals surface area contributed by atoms with Crippen LogP contribution in [0.15, 0.2) is 150 Å². The molecule has 5 heteroatoms. The molecule has 5 nitrogen and oxygen atoms in total. The highest BCUT2D eigenvalue weighted by atomic mass is 16.3. The van der Waals surface area contributed by atoms with Crippen molar-refractivity contribution >= 4 is 22.1 Å². The van der Waals surface area contributed by atoms with Gasteiger partial charge < -0.3 is 4.42 Å². The van der Waals surface area contributed by atoms with Crippen molar-refractivity contribution in [3.63, 3.8) is 0 Å². The summed E-state index contributed by atoms with van der Waals surface area (Å²) in [5.74, 6) is 0. The molecule has 2 atom stereocenters. The Morgan fingerprint density at radius 3 is 1.77 bits per heavy atom. The molecule has 0 aliphatic rings. The van der Waals surface area contributed by atoms with E-state index in [1.165, 1.54) is 0 Å². The van der Waals surface area contributed by atoms with Crippen LogP contribution in [-0.4, -0.2) is 19.9 Å². The molecule has 5 aromatic heterocycles.